The Labute approximate surface area is 122 Å². The summed E-state index contributed by atoms with van der Waals surface area (Å²) in [5, 5.41) is 11.5. The molecule has 106 valence electrons. The van der Waals surface area contributed by atoms with Gasteiger partial charge in [-0.05, 0) is 25.0 Å². The second-order valence-corrected chi connectivity index (χ2v) is 5.46. The molecule has 2 rings (SSSR count). The first kappa shape index (κ1) is 14.5. The Kier molecular flexibility index (Phi) is 5.12. The maximum Gasteiger partial charge on any atom is 0.309 e. The Morgan fingerprint density at radius 2 is 2.20 bits per heavy atom. The third kappa shape index (κ3) is 4.35. The van der Waals surface area contributed by atoms with Crippen molar-refractivity contribution in [1.29, 1.82) is 0 Å². The van der Waals surface area contributed by atoms with E-state index in [2.05, 4.69) is 4.98 Å². The maximum absolute atomic E-state index is 10.6. The number of aliphatic carboxylic acids is 1. The Balaban J connectivity index is 1.75. The predicted molar refractivity (Wildman–Crippen MR) is 78.4 cm³/mol. The van der Waals surface area contributed by atoms with Crippen LogP contribution in [0.1, 0.15) is 22.7 Å². The second-order valence-electron chi connectivity index (χ2n) is 4.52. The molecule has 0 bridgehead atoms. The molecule has 0 aliphatic heterocycles. The summed E-state index contributed by atoms with van der Waals surface area (Å²) in [5.41, 5.74) is 1.77. The number of carbonyl (C=O) groups is 1. The maximum atomic E-state index is 10.6. The van der Waals surface area contributed by atoms with Crippen molar-refractivity contribution in [1.82, 2.24) is 4.98 Å². The lowest BCUT2D eigenvalue weighted by atomic mass is 10.2. The molecule has 4 nitrogen and oxygen atoms in total. The molecule has 0 radical (unpaired) electrons. The van der Waals surface area contributed by atoms with Crippen molar-refractivity contribution >= 4 is 17.3 Å². The van der Waals surface area contributed by atoms with Crippen LogP contribution < -0.4 is 4.74 Å². The summed E-state index contributed by atoms with van der Waals surface area (Å²) in [7, 11) is 0. The molecule has 0 saturated carbocycles. The van der Waals surface area contributed by atoms with Gasteiger partial charge in [0.1, 0.15) is 5.75 Å². The monoisotopic (exact) mass is 291 g/mol. The number of aromatic nitrogens is 1. The van der Waals surface area contributed by atoms with Crippen LogP contribution >= 0.6 is 11.3 Å². The second kappa shape index (κ2) is 7.05. The number of para-hydroxylation sites is 1. The minimum atomic E-state index is -0.843. The summed E-state index contributed by atoms with van der Waals surface area (Å²) < 4.78 is 5.71. The van der Waals surface area contributed by atoms with Gasteiger partial charge in [0.05, 0.1) is 23.7 Å². The quantitative estimate of drug-likeness (QED) is 0.796. The first-order chi connectivity index (χ1) is 9.65. The molecule has 0 amide bonds. The van der Waals surface area contributed by atoms with E-state index in [-0.39, 0.29) is 6.42 Å². The third-order valence-electron chi connectivity index (χ3n) is 2.82. The third-order valence-corrected chi connectivity index (χ3v) is 3.78. The van der Waals surface area contributed by atoms with Crippen LogP contribution in [-0.4, -0.2) is 22.7 Å². The first-order valence-electron chi connectivity index (χ1n) is 6.48. The topological polar surface area (TPSA) is 59.4 Å². The van der Waals surface area contributed by atoms with Crippen molar-refractivity contribution in [3.8, 4) is 5.75 Å². The number of benzene rings is 1. The van der Waals surface area contributed by atoms with E-state index in [0.29, 0.717) is 12.3 Å². The van der Waals surface area contributed by atoms with Gasteiger partial charge in [0.2, 0.25) is 0 Å². The van der Waals surface area contributed by atoms with E-state index in [1.165, 1.54) is 11.3 Å². The average Bonchev–Trinajstić information content (AvgIpc) is 2.83. The highest BCUT2D eigenvalue weighted by Gasteiger charge is 2.06. The van der Waals surface area contributed by atoms with Gasteiger partial charge in [0.25, 0.3) is 0 Å². The number of thiazole rings is 1. The molecule has 0 saturated heterocycles. The number of aryl methyl sites for hydroxylation is 2. The Morgan fingerprint density at radius 1 is 1.40 bits per heavy atom. The summed E-state index contributed by atoms with van der Waals surface area (Å²) in [4.78, 5) is 14.9. The van der Waals surface area contributed by atoms with E-state index in [1.54, 1.807) is 0 Å². The number of rotatable bonds is 7. The highest BCUT2D eigenvalue weighted by Crippen LogP contribution is 2.17. The molecule has 2 aromatic rings. The van der Waals surface area contributed by atoms with Gasteiger partial charge >= 0.3 is 5.97 Å². The lowest BCUT2D eigenvalue weighted by Gasteiger charge is -2.07. The molecule has 1 N–H and O–H groups in total. The van der Waals surface area contributed by atoms with Gasteiger partial charge in [-0.25, -0.2) is 4.98 Å². The normalized spacial score (nSPS) is 10.4. The minimum Gasteiger partial charge on any atom is -0.493 e. The van der Waals surface area contributed by atoms with Crippen molar-refractivity contribution in [2.45, 2.75) is 26.2 Å². The van der Waals surface area contributed by atoms with Crippen LogP contribution in [0.25, 0.3) is 0 Å². The molecular weight excluding hydrogens is 274 g/mol. The molecule has 0 atom stereocenters. The van der Waals surface area contributed by atoms with Gasteiger partial charge in [-0.2, -0.15) is 0 Å². The smallest absolute Gasteiger partial charge is 0.309 e. The number of carboxylic acids is 1. The van der Waals surface area contributed by atoms with E-state index in [4.69, 9.17) is 9.84 Å². The largest absolute Gasteiger partial charge is 0.493 e. The van der Waals surface area contributed by atoms with Crippen LogP contribution in [0.5, 0.6) is 5.75 Å². The first-order valence-corrected chi connectivity index (χ1v) is 7.36. The summed E-state index contributed by atoms with van der Waals surface area (Å²) in [6.07, 6.45) is 1.68. The van der Waals surface area contributed by atoms with Crippen molar-refractivity contribution in [3.05, 3.63) is 45.9 Å². The molecular formula is C15H17NO3S. The Bertz CT molecular complexity index is 580. The molecule has 20 heavy (non-hydrogen) atoms. The number of hydrogen-bond acceptors (Lipinski definition) is 4. The minimum absolute atomic E-state index is 0.00376. The fraction of sp³-hybridized carbons (Fsp3) is 0.333. The van der Waals surface area contributed by atoms with Gasteiger partial charge in [-0.3, -0.25) is 4.79 Å². The van der Waals surface area contributed by atoms with Crippen LogP contribution in [0.15, 0.2) is 29.6 Å². The van der Waals surface area contributed by atoms with E-state index >= 15 is 0 Å². The highest BCUT2D eigenvalue weighted by molar-refractivity contribution is 7.09. The molecule has 1 heterocycles. The van der Waals surface area contributed by atoms with Gasteiger partial charge in [0, 0.05) is 11.8 Å². The summed E-state index contributed by atoms with van der Waals surface area (Å²) in [6.45, 7) is 2.66. The van der Waals surface area contributed by atoms with Crippen molar-refractivity contribution in [2.75, 3.05) is 6.61 Å². The van der Waals surface area contributed by atoms with E-state index in [0.717, 1.165) is 29.2 Å². The molecule has 0 fully saturated rings. The van der Waals surface area contributed by atoms with E-state index in [1.807, 2.05) is 36.6 Å². The summed E-state index contributed by atoms with van der Waals surface area (Å²) in [5.74, 6) is 0.0722. The zero-order valence-electron chi connectivity index (χ0n) is 11.3. The molecule has 0 unspecified atom stereocenters. The average molecular weight is 291 g/mol. The number of ether oxygens (including phenoxy) is 1. The lowest BCUT2D eigenvalue weighted by molar-refractivity contribution is -0.136. The van der Waals surface area contributed by atoms with E-state index < -0.39 is 5.97 Å². The number of carboxylic acid groups (broad SMARTS) is 1. The van der Waals surface area contributed by atoms with Crippen molar-refractivity contribution < 1.29 is 14.6 Å². The molecule has 0 aliphatic carbocycles. The van der Waals surface area contributed by atoms with Crippen LogP contribution in [0.3, 0.4) is 0 Å². The van der Waals surface area contributed by atoms with Crippen LogP contribution in [0.2, 0.25) is 0 Å². The Morgan fingerprint density at radius 3 is 2.95 bits per heavy atom. The standard InChI is InChI=1S/C15H17NO3S/c1-11-5-2-3-6-13(11)19-8-4-7-14-16-12(10-20-14)9-15(17)18/h2-3,5-6,10H,4,7-9H2,1H3,(H,17,18). The van der Waals surface area contributed by atoms with Crippen LogP contribution in [0.4, 0.5) is 0 Å². The molecule has 0 aliphatic rings. The van der Waals surface area contributed by atoms with Gasteiger partial charge in [0.15, 0.2) is 0 Å². The van der Waals surface area contributed by atoms with Gasteiger partial charge in [-0.1, -0.05) is 18.2 Å². The molecule has 0 spiro atoms. The summed E-state index contributed by atoms with van der Waals surface area (Å²) in [6, 6.07) is 7.93. The van der Waals surface area contributed by atoms with Gasteiger partial charge in [-0.15, -0.1) is 11.3 Å². The fourth-order valence-electron chi connectivity index (χ4n) is 1.82. The molecule has 1 aromatic carbocycles. The zero-order chi connectivity index (χ0) is 14.4. The molecule has 5 heteroatoms. The van der Waals surface area contributed by atoms with Crippen LogP contribution in [-0.2, 0) is 17.6 Å². The fourth-order valence-corrected chi connectivity index (χ4v) is 2.66. The summed E-state index contributed by atoms with van der Waals surface area (Å²) >= 11 is 1.51. The van der Waals surface area contributed by atoms with Gasteiger partial charge < -0.3 is 9.84 Å². The SMILES string of the molecule is Cc1ccccc1OCCCc1nc(CC(=O)O)cs1. The number of nitrogens with zero attached hydrogens (tertiary/aromatic N) is 1. The lowest BCUT2D eigenvalue weighted by Crippen LogP contribution is -2.02. The van der Waals surface area contributed by atoms with Crippen molar-refractivity contribution in [2.24, 2.45) is 0 Å². The predicted octanol–water partition coefficient (Wildman–Crippen LogP) is 3.09. The van der Waals surface area contributed by atoms with E-state index in [9.17, 15) is 4.79 Å². The zero-order valence-corrected chi connectivity index (χ0v) is 12.2. The Hall–Kier alpha value is -1.88. The van der Waals surface area contributed by atoms with Crippen LogP contribution in [0, 0.1) is 6.92 Å². The highest BCUT2D eigenvalue weighted by atomic mass is 32.1. The number of hydrogen-bond donors (Lipinski definition) is 1. The van der Waals surface area contributed by atoms with Crippen molar-refractivity contribution in [3.63, 3.8) is 0 Å². The molecule has 1 aromatic heterocycles.